The van der Waals surface area contributed by atoms with Gasteiger partial charge in [0.25, 0.3) is 0 Å². The first-order chi connectivity index (χ1) is 31.5. The molecule has 5 nitrogen and oxygen atoms in total. The van der Waals surface area contributed by atoms with Crippen molar-refractivity contribution in [3.05, 3.63) is 249 Å². The van der Waals surface area contributed by atoms with Crippen molar-refractivity contribution in [3.8, 4) is 0 Å². The highest BCUT2D eigenvalue weighted by Gasteiger charge is 2.14. The number of allylic oxidation sites excluding steroid dienone is 2. The molecule has 7 rings (SSSR count). The van der Waals surface area contributed by atoms with Gasteiger partial charge in [0.15, 0.2) is 11.6 Å². The van der Waals surface area contributed by atoms with E-state index >= 15 is 0 Å². The van der Waals surface area contributed by atoms with Crippen molar-refractivity contribution in [2.24, 2.45) is 0 Å². The van der Waals surface area contributed by atoms with Gasteiger partial charge in [-0.05, 0) is 103 Å². The lowest BCUT2D eigenvalue weighted by molar-refractivity contribution is -0.114. The second-order valence-electron chi connectivity index (χ2n) is 16.0. The largest absolute Gasteiger partial charge is 0.302 e. The zero-order valence-electron chi connectivity index (χ0n) is 37.9. The maximum atomic E-state index is 13.1. The number of benzene rings is 7. The Bertz CT molecular complexity index is 2470. The summed E-state index contributed by atoms with van der Waals surface area (Å²) in [5, 5.41) is 1.38. The van der Waals surface area contributed by atoms with E-state index in [1.807, 2.05) is 147 Å². The molecule has 0 N–H and O–H groups in total. The number of nitrogens with zero attached hydrogens (tertiary/aromatic N) is 3. The number of hydrogen-bond donors (Lipinski definition) is 0. The Balaban J connectivity index is 0.000000190. The van der Waals surface area contributed by atoms with Crippen molar-refractivity contribution in [1.82, 2.24) is 14.7 Å². The van der Waals surface area contributed by atoms with Crippen LogP contribution >= 0.6 is 23.2 Å². The molecule has 0 spiro atoms. The minimum absolute atomic E-state index is 0.0520. The van der Waals surface area contributed by atoms with E-state index < -0.39 is 0 Å². The third-order valence-corrected chi connectivity index (χ3v) is 10.8. The fourth-order valence-electron chi connectivity index (χ4n) is 7.10. The molecule has 0 aliphatic carbocycles. The van der Waals surface area contributed by atoms with Crippen LogP contribution in [0.3, 0.4) is 0 Å². The lowest BCUT2D eigenvalue weighted by Crippen LogP contribution is -2.32. The number of halogens is 2. The number of carbonyl (C=O) groups is 2. The predicted octanol–water partition coefficient (Wildman–Crippen LogP) is 13.6. The van der Waals surface area contributed by atoms with Gasteiger partial charge in [-0.1, -0.05) is 199 Å². The van der Waals surface area contributed by atoms with Crippen molar-refractivity contribution in [3.63, 3.8) is 0 Å². The molecule has 0 atom stereocenters. The zero-order chi connectivity index (χ0) is 46.2. The standard InChI is InChI=1S/C25H24ClNO.C17H22N2.C16H13ClO/c1-27(19-21-8-4-2-5-9-21)17-16-25(28)24(22-10-6-3-7-11-22)18-20-12-14-23(26)15-13-20;1-18(13-16-9-5-3-6-10-16)15-19(2)14-17-11-7-4-8-12-17;1-12(18)16(14-5-3-2-4-6-14)11-13-7-9-15(17)10-8-13/h2-15,18H,16-17,19H2,1H3;3-12H,13-15H2,1-2H3;2-11H,1H3/b24-18+;;16-11-. The molecule has 0 amide bonds. The van der Waals surface area contributed by atoms with Crippen LogP contribution in [0.1, 0.15) is 52.3 Å². The van der Waals surface area contributed by atoms with Crippen LogP contribution in [0.25, 0.3) is 23.3 Å². The average molecular weight is 901 g/mol. The van der Waals surface area contributed by atoms with Gasteiger partial charge < -0.3 is 4.90 Å². The zero-order valence-corrected chi connectivity index (χ0v) is 39.4. The molecule has 0 fully saturated rings. The molecule has 0 bridgehead atoms. The fourth-order valence-corrected chi connectivity index (χ4v) is 7.36. The lowest BCUT2D eigenvalue weighted by atomic mass is 9.97. The molecule has 65 heavy (non-hydrogen) atoms. The van der Waals surface area contributed by atoms with Crippen LogP contribution in [0.15, 0.2) is 200 Å². The Kier molecular flexibility index (Phi) is 20.9. The summed E-state index contributed by atoms with van der Waals surface area (Å²) in [6.45, 7) is 6.05. The topological polar surface area (TPSA) is 43.9 Å². The quantitative estimate of drug-likeness (QED) is 0.0518. The molecule has 0 aliphatic heterocycles. The monoisotopic (exact) mass is 899 g/mol. The summed E-state index contributed by atoms with van der Waals surface area (Å²) in [5.41, 5.74) is 9.21. The Morgan fingerprint density at radius 2 is 0.754 bits per heavy atom. The highest BCUT2D eigenvalue weighted by Crippen LogP contribution is 2.23. The molecule has 7 aromatic rings. The molecule has 0 saturated heterocycles. The van der Waals surface area contributed by atoms with Gasteiger partial charge >= 0.3 is 0 Å². The van der Waals surface area contributed by atoms with E-state index in [9.17, 15) is 9.59 Å². The summed E-state index contributed by atoms with van der Waals surface area (Å²) >= 11 is 11.8. The Morgan fingerprint density at radius 1 is 0.431 bits per heavy atom. The van der Waals surface area contributed by atoms with E-state index in [4.69, 9.17) is 23.2 Å². The molecule has 332 valence electrons. The minimum Gasteiger partial charge on any atom is -0.302 e. The van der Waals surface area contributed by atoms with Crippen LogP contribution in [0.2, 0.25) is 10.0 Å². The van der Waals surface area contributed by atoms with Gasteiger partial charge in [-0.15, -0.1) is 0 Å². The van der Waals surface area contributed by atoms with Crippen LogP contribution in [0, 0.1) is 0 Å². The molecule has 0 heterocycles. The van der Waals surface area contributed by atoms with Crippen LogP contribution < -0.4 is 0 Å². The normalized spacial score (nSPS) is 11.4. The summed E-state index contributed by atoms with van der Waals surface area (Å²) in [6.07, 6.45) is 4.30. The van der Waals surface area contributed by atoms with Gasteiger partial charge in [-0.2, -0.15) is 0 Å². The van der Waals surface area contributed by atoms with E-state index in [2.05, 4.69) is 102 Å². The minimum atomic E-state index is 0.0520. The smallest absolute Gasteiger partial charge is 0.164 e. The molecule has 7 aromatic carbocycles. The molecule has 0 radical (unpaired) electrons. The van der Waals surface area contributed by atoms with Crippen LogP contribution in [-0.2, 0) is 29.2 Å². The van der Waals surface area contributed by atoms with Gasteiger partial charge in [0.05, 0.1) is 6.67 Å². The summed E-state index contributed by atoms with van der Waals surface area (Å²) in [4.78, 5) is 31.6. The third kappa shape index (κ3) is 18.4. The second-order valence-corrected chi connectivity index (χ2v) is 16.9. The summed E-state index contributed by atoms with van der Waals surface area (Å²) < 4.78 is 0. The Morgan fingerprint density at radius 3 is 1.12 bits per heavy atom. The number of ketones is 2. The molecular weight excluding hydrogens is 842 g/mol. The number of Topliss-reactive ketones (excluding diaryl/α,β-unsaturated/α-hetero) is 2. The maximum Gasteiger partial charge on any atom is 0.164 e. The van der Waals surface area contributed by atoms with E-state index in [-0.39, 0.29) is 11.6 Å². The van der Waals surface area contributed by atoms with Crippen molar-refractivity contribution < 1.29 is 9.59 Å². The highest BCUT2D eigenvalue weighted by atomic mass is 35.5. The van der Waals surface area contributed by atoms with Crippen LogP contribution in [-0.4, -0.2) is 60.6 Å². The van der Waals surface area contributed by atoms with Crippen molar-refractivity contribution >= 4 is 58.1 Å². The first-order valence-corrected chi connectivity index (χ1v) is 22.5. The molecule has 0 aromatic heterocycles. The summed E-state index contributed by atoms with van der Waals surface area (Å²) in [5.74, 6) is 0.192. The highest BCUT2D eigenvalue weighted by molar-refractivity contribution is 6.31. The van der Waals surface area contributed by atoms with Gasteiger partial charge in [0.2, 0.25) is 0 Å². The van der Waals surface area contributed by atoms with Crippen molar-refractivity contribution in [2.75, 3.05) is 34.4 Å². The van der Waals surface area contributed by atoms with E-state index in [1.165, 1.54) is 16.7 Å². The molecule has 0 saturated carbocycles. The van der Waals surface area contributed by atoms with Crippen molar-refractivity contribution in [2.45, 2.75) is 33.0 Å². The van der Waals surface area contributed by atoms with Gasteiger partial charge in [-0.25, -0.2) is 0 Å². The second kappa shape index (κ2) is 27.2. The van der Waals surface area contributed by atoms with E-state index in [0.29, 0.717) is 28.6 Å². The summed E-state index contributed by atoms with van der Waals surface area (Å²) in [7, 11) is 6.37. The van der Waals surface area contributed by atoms with E-state index in [0.717, 1.165) is 54.1 Å². The predicted molar refractivity (Wildman–Crippen MR) is 275 cm³/mol. The van der Waals surface area contributed by atoms with Gasteiger partial charge in [0.1, 0.15) is 0 Å². The maximum absolute atomic E-state index is 13.1. The summed E-state index contributed by atoms with van der Waals surface area (Å²) in [6, 6.07) is 66.0. The van der Waals surface area contributed by atoms with E-state index in [1.54, 1.807) is 6.92 Å². The van der Waals surface area contributed by atoms with Crippen LogP contribution in [0.4, 0.5) is 0 Å². The van der Waals surface area contributed by atoms with Crippen LogP contribution in [0.5, 0.6) is 0 Å². The number of rotatable bonds is 17. The first kappa shape index (κ1) is 49.8. The van der Waals surface area contributed by atoms with Crippen molar-refractivity contribution in [1.29, 1.82) is 0 Å². The first-order valence-electron chi connectivity index (χ1n) is 21.8. The number of carbonyl (C=O) groups excluding carboxylic acids is 2. The SMILES string of the molecule is CC(=O)/C(=C/c1ccc(Cl)cc1)c1ccccc1.CN(CCC(=O)/C(=C/c1ccc(Cl)cc1)c1ccccc1)Cc1ccccc1.CN(Cc1ccccc1)CN(C)Cc1ccccc1. The fraction of sp³-hybridized carbons (Fsp3) is 0.172. The molecule has 0 unspecified atom stereocenters. The molecular formula is C58H59Cl2N3O2. The van der Waals surface area contributed by atoms with Gasteiger partial charge in [-0.3, -0.25) is 19.4 Å². The average Bonchev–Trinajstić information content (AvgIpc) is 3.32. The Labute approximate surface area is 396 Å². The molecule has 0 aliphatic rings. The third-order valence-electron chi connectivity index (χ3n) is 10.3. The van der Waals surface area contributed by atoms with Gasteiger partial charge in [0, 0.05) is 53.8 Å². The lowest BCUT2D eigenvalue weighted by Gasteiger charge is -2.24. The number of hydrogen-bond acceptors (Lipinski definition) is 5. The Hall–Kier alpha value is -6.18. The molecule has 7 heteroatoms.